The molecular formula is C16H30P2. The normalized spacial score (nSPS) is 44.0. The van der Waals surface area contributed by atoms with Crippen molar-refractivity contribution in [2.45, 2.75) is 64.2 Å². The van der Waals surface area contributed by atoms with Crippen molar-refractivity contribution in [3.63, 3.8) is 0 Å². The zero-order chi connectivity index (χ0) is 12.2. The van der Waals surface area contributed by atoms with E-state index in [2.05, 4.69) is 0 Å². The van der Waals surface area contributed by atoms with E-state index in [-0.39, 0.29) is 0 Å². The van der Waals surface area contributed by atoms with Crippen molar-refractivity contribution in [3.8, 4) is 0 Å². The van der Waals surface area contributed by atoms with Crippen LogP contribution >= 0.6 is 15.9 Å². The summed E-state index contributed by atoms with van der Waals surface area (Å²) in [6.45, 7) is 0. The molecule has 0 aromatic carbocycles. The summed E-state index contributed by atoms with van der Waals surface area (Å²) in [4.78, 5) is 0. The van der Waals surface area contributed by atoms with Gasteiger partial charge in [-0.1, -0.05) is 60.8 Å². The first-order valence-electron chi connectivity index (χ1n) is 8.38. The number of hydrogen-bond donors (Lipinski definition) is 0. The average molecular weight is 284 g/mol. The second-order valence-electron chi connectivity index (χ2n) is 6.98. The Bertz CT molecular complexity index is 203. The van der Waals surface area contributed by atoms with Crippen LogP contribution < -0.4 is 0 Å². The van der Waals surface area contributed by atoms with Gasteiger partial charge in [-0.3, -0.25) is 0 Å². The largest absolute Gasteiger partial charge is 0.0960 e. The van der Waals surface area contributed by atoms with Crippen molar-refractivity contribution in [2.24, 2.45) is 17.8 Å². The second kappa shape index (κ2) is 7.04. The first-order valence-corrected chi connectivity index (χ1v) is 12.1. The minimum absolute atomic E-state index is 0.516. The summed E-state index contributed by atoms with van der Waals surface area (Å²) in [7, 11) is 1.89. The Morgan fingerprint density at radius 2 is 1.44 bits per heavy atom. The van der Waals surface area contributed by atoms with Crippen LogP contribution in [0.15, 0.2) is 0 Å². The monoisotopic (exact) mass is 284 g/mol. The van der Waals surface area contributed by atoms with Gasteiger partial charge in [-0.05, 0) is 55.5 Å². The summed E-state index contributed by atoms with van der Waals surface area (Å²) >= 11 is 0. The van der Waals surface area contributed by atoms with Crippen LogP contribution in [0.25, 0.3) is 0 Å². The maximum atomic E-state index is 1.67. The van der Waals surface area contributed by atoms with Crippen LogP contribution in [0.5, 0.6) is 0 Å². The van der Waals surface area contributed by atoms with Gasteiger partial charge >= 0.3 is 0 Å². The van der Waals surface area contributed by atoms with Crippen molar-refractivity contribution in [1.82, 2.24) is 0 Å². The minimum Gasteiger partial charge on any atom is -0.0960 e. The Morgan fingerprint density at radius 1 is 0.722 bits per heavy atom. The predicted octanol–water partition coefficient (Wildman–Crippen LogP) is 5.85. The molecule has 18 heavy (non-hydrogen) atoms. The molecule has 0 nitrogen and oxygen atoms in total. The quantitative estimate of drug-likeness (QED) is 0.489. The molecule has 2 heterocycles. The van der Waals surface area contributed by atoms with E-state index in [1.54, 1.807) is 82.7 Å². The zero-order valence-electron chi connectivity index (χ0n) is 11.9. The first kappa shape index (κ1) is 13.8. The summed E-state index contributed by atoms with van der Waals surface area (Å²) in [6, 6.07) is 0. The molecule has 2 saturated heterocycles. The van der Waals surface area contributed by atoms with Gasteiger partial charge in [0.2, 0.25) is 0 Å². The molecule has 0 spiro atoms. The molecule has 3 fully saturated rings. The van der Waals surface area contributed by atoms with Gasteiger partial charge in [0.05, 0.1) is 0 Å². The molecule has 0 aromatic rings. The van der Waals surface area contributed by atoms with Crippen molar-refractivity contribution in [1.29, 1.82) is 0 Å². The number of fused-ring (bicyclic) bond motifs is 4. The lowest BCUT2D eigenvalue weighted by molar-refractivity contribution is 0.414. The van der Waals surface area contributed by atoms with Crippen LogP contribution in [0, 0.1) is 17.8 Å². The fourth-order valence-corrected chi connectivity index (χ4v) is 10.7. The molecule has 0 amide bonds. The van der Waals surface area contributed by atoms with Gasteiger partial charge in [-0.15, -0.1) is 0 Å². The summed E-state index contributed by atoms with van der Waals surface area (Å²) < 4.78 is 0. The molecule has 2 heteroatoms. The lowest BCUT2D eigenvalue weighted by atomic mass is 9.94. The molecule has 5 atom stereocenters. The Morgan fingerprint density at radius 3 is 2.28 bits per heavy atom. The maximum absolute atomic E-state index is 1.67. The van der Waals surface area contributed by atoms with E-state index in [1.165, 1.54) is 8.27 Å². The summed E-state index contributed by atoms with van der Waals surface area (Å²) in [5.41, 5.74) is 0. The molecule has 3 aliphatic rings. The topological polar surface area (TPSA) is 0 Å². The summed E-state index contributed by atoms with van der Waals surface area (Å²) in [6.07, 6.45) is 20.7. The molecule has 4 bridgehead atoms. The first-order chi connectivity index (χ1) is 8.90. The van der Waals surface area contributed by atoms with Gasteiger partial charge in [0.1, 0.15) is 0 Å². The van der Waals surface area contributed by atoms with Crippen molar-refractivity contribution < 1.29 is 0 Å². The minimum atomic E-state index is 0.516. The van der Waals surface area contributed by atoms with Gasteiger partial charge < -0.3 is 0 Å². The molecule has 104 valence electrons. The highest BCUT2D eigenvalue weighted by molar-refractivity contribution is 8.21. The molecule has 1 aliphatic carbocycles. The highest BCUT2D eigenvalue weighted by Gasteiger charge is 2.26. The van der Waals surface area contributed by atoms with Gasteiger partial charge in [-0.25, -0.2) is 0 Å². The molecule has 5 unspecified atom stereocenters. The molecule has 0 radical (unpaired) electrons. The smallest absolute Gasteiger partial charge is 0.0261 e. The van der Waals surface area contributed by atoms with Crippen molar-refractivity contribution in [2.75, 3.05) is 18.5 Å². The van der Waals surface area contributed by atoms with Crippen LogP contribution in [-0.4, -0.2) is 18.5 Å². The summed E-state index contributed by atoms with van der Waals surface area (Å²) in [5, 5.41) is 0. The highest BCUT2D eigenvalue weighted by Crippen LogP contribution is 2.62. The standard InChI is InChI=1S/C16H30P2/c1-2-5-16-9-11-18(13-16)17-10-3-6-15-8-7-14(4-1)12-15/h14-17H,1-13H2. The Labute approximate surface area is 117 Å². The van der Waals surface area contributed by atoms with Crippen LogP contribution in [0.3, 0.4) is 0 Å². The Balaban J connectivity index is 1.50. The van der Waals surface area contributed by atoms with E-state index in [4.69, 9.17) is 0 Å². The maximum Gasteiger partial charge on any atom is -0.0261 e. The molecule has 1 saturated carbocycles. The Kier molecular flexibility index (Phi) is 5.40. The molecule has 0 aromatic heterocycles. The molecular weight excluding hydrogens is 254 g/mol. The van der Waals surface area contributed by atoms with E-state index in [9.17, 15) is 0 Å². The third-order valence-corrected chi connectivity index (χ3v) is 11.5. The van der Waals surface area contributed by atoms with Gasteiger partial charge in [-0.2, -0.15) is 0 Å². The van der Waals surface area contributed by atoms with E-state index in [1.807, 2.05) is 0 Å². The number of hydrogen-bond acceptors (Lipinski definition) is 0. The third kappa shape index (κ3) is 3.93. The lowest BCUT2D eigenvalue weighted by Gasteiger charge is -2.15. The fourth-order valence-electron chi connectivity index (χ4n) is 4.41. The van der Waals surface area contributed by atoms with E-state index in [0.717, 1.165) is 17.8 Å². The molecule has 2 aliphatic heterocycles. The SMILES string of the molecule is C1CCC2CCP(C2)PCCCC2CCC(C1)C2. The van der Waals surface area contributed by atoms with Crippen LogP contribution in [0.2, 0.25) is 0 Å². The van der Waals surface area contributed by atoms with Crippen molar-refractivity contribution in [3.05, 3.63) is 0 Å². The van der Waals surface area contributed by atoms with Crippen LogP contribution in [0.4, 0.5) is 0 Å². The van der Waals surface area contributed by atoms with Gasteiger partial charge in [0.25, 0.3) is 0 Å². The van der Waals surface area contributed by atoms with E-state index < -0.39 is 0 Å². The van der Waals surface area contributed by atoms with Crippen LogP contribution in [-0.2, 0) is 0 Å². The Hall–Kier alpha value is 0.860. The van der Waals surface area contributed by atoms with E-state index >= 15 is 0 Å². The average Bonchev–Trinajstić information content (AvgIpc) is 2.99. The van der Waals surface area contributed by atoms with E-state index in [0.29, 0.717) is 7.61 Å². The zero-order valence-corrected chi connectivity index (χ0v) is 13.8. The fraction of sp³-hybridized carbons (Fsp3) is 1.00. The van der Waals surface area contributed by atoms with Gasteiger partial charge in [0.15, 0.2) is 0 Å². The lowest BCUT2D eigenvalue weighted by Crippen LogP contribution is -2.01. The predicted molar refractivity (Wildman–Crippen MR) is 86.5 cm³/mol. The third-order valence-electron chi connectivity index (χ3n) is 5.53. The highest BCUT2D eigenvalue weighted by atomic mass is 32.0. The second-order valence-corrected chi connectivity index (χ2v) is 12.5. The van der Waals surface area contributed by atoms with Crippen LogP contribution in [0.1, 0.15) is 64.2 Å². The number of rotatable bonds is 0. The van der Waals surface area contributed by atoms with Gasteiger partial charge in [0, 0.05) is 0 Å². The van der Waals surface area contributed by atoms with Crippen molar-refractivity contribution >= 4 is 15.9 Å². The molecule has 0 N–H and O–H groups in total. The summed E-state index contributed by atoms with van der Waals surface area (Å²) in [5.74, 6) is 3.41. The molecule has 3 rings (SSSR count).